The maximum atomic E-state index is 11.1. The van der Waals surface area contributed by atoms with Crippen LogP contribution in [0.4, 0.5) is 0 Å². The Morgan fingerprint density at radius 1 is 0.789 bits per heavy atom. The SMILES string of the molecule is CCCCCCCCCCCCO[P+](=O)OCCO. The molecule has 1 atom stereocenters. The minimum atomic E-state index is -2.03. The van der Waals surface area contributed by atoms with Gasteiger partial charge >= 0.3 is 8.25 Å². The zero-order chi connectivity index (χ0) is 14.2. The fourth-order valence-electron chi connectivity index (χ4n) is 1.88. The molecule has 0 spiro atoms. The van der Waals surface area contributed by atoms with Crippen molar-refractivity contribution in [3.8, 4) is 0 Å². The zero-order valence-corrected chi connectivity index (χ0v) is 13.2. The smallest absolute Gasteiger partial charge is 0.394 e. The third-order valence-electron chi connectivity index (χ3n) is 2.98. The number of hydrogen-bond donors (Lipinski definition) is 1. The molecule has 0 radical (unpaired) electrons. The number of aliphatic hydroxyl groups is 1. The molecule has 0 aromatic carbocycles. The average Bonchev–Trinajstić information content (AvgIpc) is 2.42. The van der Waals surface area contributed by atoms with Gasteiger partial charge in [-0.1, -0.05) is 64.7 Å². The van der Waals surface area contributed by atoms with Crippen molar-refractivity contribution in [3.05, 3.63) is 0 Å². The van der Waals surface area contributed by atoms with Crippen molar-refractivity contribution in [1.29, 1.82) is 0 Å². The van der Waals surface area contributed by atoms with Crippen molar-refractivity contribution in [2.75, 3.05) is 19.8 Å². The third kappa shape index (κ3) is 15.9. The number of rotatable bonds is 15. The molecule has 0 aromatic rings. The van der Waals surface area contributed by atoms with Gasteiger partial charge in [0.15, 0.2) is 0 Å². The molecular weight excluding hydrogens is 263 g/mol. The fourth-order valence-corrected chi connectivity index (χ4v) is 2.46. The molecule has 19 heavy (non-hydrogen) atoms. The normalized spacial score (nSPS) is 11.8. The monoisotopic (exact) mass is 293 g/mol. The van der Waals surface area contributed by atoms with Gasteiger partial charge in [0.1, 0.15) is 13.2 Å². The highest BCUT2D eigenvalue weighted by Crippen LogP contribution is 2.23. The molecule has 1 unspecified atom stereocenters. The highest BCUT2D eigenvalue weighted by molar-refractivity contribution is 7.33. The van der Waals surface area contributed by atoms with E-state index in [9.17, 15) is 4.57 Å². The highest BCUT2D eigenvalue weighted by atomic mass is 31.1. The summed E-state index contributed by atoms with van der Waals surface area (Å²) < 4.78 is 20.8. The molecule has 0 rings (SSSR count). The largest absolute Gasteiger partial charge is 0.697 e. The fraction of sp³-hybridized carbons (Fsp3) is 1.00. The molecule has 0 heterocycles. The molecule has 0 saturated heterocycles. The molecule has 1 N–H and O–H groups in total. The van der Waals surface area contributed by atoms with E-state index in [1.165, 1.54) is 51.4 Å². The summed E-state index contributed by atoms with van der Waals surface area (Å²) in [5, 5.41) is 8.47. The molecule has 0 amide bonds. The highest BCUT2D eigenvalue weighted by Gasteiger charge is 2.18. The van der Waals surface area contributed by atoms with Gasteiger partial charge in [-0.15, -0.1) is 9.05 Å². The van der Waals surface area contributed by atoms with Gasteiger partial charge in [-0.05, 0) is 6.42 Å². The lowest BCUT2D eigenvalue weighted by Gasteiger charge is -2.00. The number of hydrogen-bond acceptors (Lipinski definition) is 4. The molecule has 0 saturated carbocycles. The molecular formula is C14H30O4P+. The summed E-state index contributed by atoms with van der Waals surface area (Å²) in [6.45, 7) is 2.68. The molecule has 0 aromatic heterocycles. The summed E-state index contributed by atoms with van der Waals surface area (Å²) in [5.74, 6) is 0. The van der Waals surface area contributed by atoms with E-state index in [0.717, 1.165) is 12.8 Å². The molecule has 0 aliphatic rings. The number of unbranched alkanes of at least 4 members (excludes halogenated alkanes) is 9. The Kier molecular flexibility index (Phi) is 16.0. The van der Waals surface area contributed by atoms with Crippen LogP contribution in [0.2, 0.25) is 0 Å². The minimum Gasteiger partial charge on any atom is -0.394 e. The van der Waals surface area contributed by atoms with Crippen LogP contribution < -0.4 is 0 Å². The van der Waals surface area contributed by atoms with Crippen molar-refractivity contribution >= 4 is 8.25 Å². The lowest BCUT2D eigenvalue weighted by Crippen LogP contribution is -1.94. The van der Waals surface area contributed by atoms with Gasteiger partial charge in [0.2, 0.25) is 0 Å². The standard InChI is InChI=1S/C14H30O4P/c1-2-3-4-5-6-7-8-9-10-11-13-17-19(16)18-14-12-15/h15H,2-14H2,1H3/q+1. The topological polar surface area (TPSA) is 55.8 Å². The summed E-state index contributed by atoms with van der Waals surface area (Å²) >= 11 is 0. The molecule has 0 aliphatic carbocycles. The van der Waals surface area contributed by atoms with Crippen LogP contribution in [0.25, 0.3) is 0 Å². The van der Waals surface area contributed by atoms with Crippen molar-refractivity contribution < 1.29 is 18.7 Å². The van der Waals surface area contributed by atoms with Crippen LogP contribution in [-0.2, 0) is 13.6 Å². The van der Waals surface area contributed by atoms with E-state index in [0.29, 0.717) is 6.61 Å². The Balaban J connectivity index is 3.04. The van der Waals surface area contributed by atoms with Gasteiger partial charge in [0, 0.05) is 4.57 Å². The predicted molar refractivity (Wildman–Crippen MR) is 78.4 cm³/mol. The van der Waals surface area contributed by atoms with E-state index in [4.69, 9.17) is 14.2 Å². The Labute approximate surface area is 118 Å². The lowest BCUT2D eigenvalue weighted by molar-refractivity contribution is 0.173. The summed E-state index contributed by atoms with van der Waals surface area (Å²) in [6.07, 6.45) is 12.7. The van der Waals surface area contributed by atoms with Crippen molar-refractivity contribution in [2.45, 2.75) is 71.1 Å². The maximum Gasteiger partial charge on any atom is 0.697 e. The molecule has 5 heteroatoms. The van der Waals surface area contributed by atoms with E-state index in [1.54, 1.807) is 0 Å². The van der Waals surface area contributed by atoms with Crippen LogP contribution in [0.3, 0.4) is 0 Å². The second kappa shape index (κ2) is 16.0. The molecule has 0 fully saturated rings. The Hall–Kier alpha value is -0.0200. The summed E-state index contributed by atoms with van der Waals surface area (Å²) in [7, 11) is -2.03. The summed E-state index contributed by atoms with van der Waals surface area (Å²) in [5.41, 5.74) is 0. The van der Waals surface area contributed by atoms with Crippen LogP contribution in [-0.4, -0.2) is 24.9 Å². The van der Waals surface area contributed by atoms with Gasteiger partial charge in [-0.25, -0.2) is 0 Å². The lowest BCUT2D eigenvalue weighted by atomic mass is 10.1. The van der Waals surface area contributed by atoms with Crippen LogP contribution in [0.15, 0.2) is 0 Å². The minimum absolute atomic E-state index is 0.0766. The second-order valence-corrected chi connectivity index (χ2v) is 5.76. The van der Waals surface area contributed by atoms with E-state index in [2.05, 4.69) is 6.92 Å². The Bertz CT molecular complexity index is 200. The molecule has 0 aliphatic heterocycles. The molecule has 4 nitrogen and oxygen atoms in total. The first kappa shape index (κ1) is 19.0. The van der Waals surface area contributed by atoms with E-state index in [1.807, 2.05) is 0 Å². The van der Waals surface area contributed by atoms with Crippen molar-refractivity contribution in [3.63, 3.8) is 0 Å². The van der Waals surface area contributed by atoms with E-state index in [-0.39, 0.29) is 13.2 Å². The molecule has 114 valence electrons. The van der Waals surface area contributed by atoms with Crippen LogP contribution >= 0.6 is 8.25 Å². The van der Waals surface area contributed by atoms with Crippen LogP contribution in [0.5, 0.6) is 0 Å². The van der Waals surface area contributed by atoms with E-state index < -0.39 is 8.25 Å². The van der Waals surface area contributed by atoms with Gasteiger partial charge in [0.25, 0.3) is 0 Å². The summed E-state index contributed by atoms with van der Waals surface area (Å²) in [6, 6.07) is 0. The predicted octanol–water partition coefficient (Wildman–Crippen LogP) is 4.59. The van der Waals surface area contributed by atoms with Crippen LogP contribution in [0, 0.1) is 0 Å². The van der Waals surface area contributed by atoms with Crippen LogP contribution in [0.1, 0.15) is 71.1 Å². The first-order chi connectivity index (χ1) is 9.31. The first-order valence-corrected chi connectivity index (χ1v) is 8.74. The summed E-state index contributed by atoms with van der Waals surface area (Å²) in [4.78, 5) is 0. The average molecular weight is 293 g/mol. The quantitative estimate of drug-likeness (QED) is 0.354. The van der Waals surface area contributed by atoms with Crippen molar-refractivity contribution in [1.82, 2.24) is 0 Å². The van der Waals surface area contributed by atoms with Gasteiger partial charge in [0.05, 0.1) is 6.61 Å². The second-order valence-electron chi connectivity index (χ2n) is 4.80. The van der Waals surface area contributed by atoms with Crippen molar-refractivity contribution in [2.24, 2.45) is 0 Å². The van der Waals surface area contributed by atoms with Gasteiger partial charge in [-0.2, -0.15) is 0 Å². The van der Waals surface area contributed by atoms with Gasteiger partial charge < -0.3 is 5.11 Å². The van der Waals surface area contributed by atoms with Gasteiger partial charge in [-0.3, -0.25) is 0 Å². The maximum absolute atomic E-state index is 11.1. The number of aliphatic hydroxyl groups excluding tert-OH is 1. The zero-order valence-electron chi connectivity index (χ0n) is 12.3. The Morgan fingerprint density at radius 2 is 1.26 bits per heavy atom. The van der Waals surface area contributed by atoms with E-state index >= 15 is 0 Å². The first-order valence-electron chi connectivity index (χ1n) is 7.65. The Morgan fingerprint density at radius 3 is 1.79 bits per heavy atom. The molecule has 0 bridgehead atoms. The third-order valence-corrected chi connectivity index (χ3v) is 3.77.